The molecule has 0 saturated carbocycles. The van der Waals surface area contributed by atoms with Crippen molar-refractivity contribution in [3.63, 3.8) is 0 Å². The second-order valence-corrected chi connectivity index (χ2v) is 3.26. The van der Waals surface area contributed by atoms with E-state index in [2.05, 4.69) is 0 Å². The predicted octanol–water partition coefficient (Wildman–Crippen LogP) is 1.37. The first-order valence-electron chi connectivity index (χ1n) is 4.18. The fourth-order valence-corrected chi connectivity index (χ4v) is 1.30. The smallest absolute Gasteiger partial charge is 0.335 e. The Kier molecular flexibility index (Phi) is 3.76. The van der Waals surface area contributed by atoms with Crippen molar-refractivity contribution >= 4 is 23.3 Å². The molecule has 0 atom stereocenters. The highest BCUT2D eigenvalue weighted by Gasteiger charge is 2.14. The minimum atomic E-state index is -0.449. The summed E-state index contributed by atoms with van der Waals surface area (Å²) in [6.45, 7) is 0. The molecule has 1 aromatic carbocycles. The van der Waals surface area contributed by atoms with E-state index < -0.39 is 6.03 Å². The van der Waals surface area contributed by atoms with Crippen LogP contribution in [0.1, 0.15) is 0 Å². The SMILES string of the molecule is COc1ccc(Cl)cc1N(C)C(=O)NN. The molecule has 0 radical (unpaired) electrons. The molecule has 6 heteroatoms. The van der Waals surface area contributed by atoms with E-state index in [0.717, 1.165) is 0 Å². The highest BCUT2D eigenvalue weighted by molar-refractivity contribution is 6.31. The molecule has 0 aromatic heterocycles. The Balaban J connectivity index is 3.10. The zero-order valence-corrected chi connectivity index (χ0v) is 9.21. The number of halogens is 1. The Hall–Kier alpha value is -1.46. The largest absolute Gasteiger partial charge is 0.495 e. The molecular formula is C9H12ClN3O2. The molecule has 15 heavy (non-hydrogen) atoms. The average molecular weight is 230 g/mol. The number of amides is 2. The van der Waals surface area contributed by atoms with Gasteiger partial charge in [0.25, 0.3) is 0 Å². The van der Waals surface area contributed by atoms with E-state index in [1.807, 2.05) is 5.43 Å². The molecule has 5 nitrogen and oxygen atoms in total. The van der Waals surface area contributed by atoms with Gasteiger partial charge in [-0.15, -0.1) is 0 Å². The standard InChI is InChI=1S/C9H12ClN3O2/c1-13(9(14)12-11)7-5-6(10)3-4-8(7)15-2/h3-5H,11H2,1-2H3,(H,12,14). The summed E-state index contributed by atoms with van der Waals surface area (Å²) in [7, 11) is 3.08. The second-order valence-electron chi connectivity index (χ2n) is 2.82. The van der Waals surface area contributed by atoms with Gasteiger partial charge in [0.2, 0.25) is 0 Å². The van der Waals surface area contributed by atoms with Crippen molar-refractivity contribution in [1.29, 1.82) is 0 Å². The molecule has 0 aliphatic rings. The topological polar surface area (TPSA) is 67.6 Å². The van der Waals surface area contributed by atoms with Gasteiger partial charge >= 0.3 is 6.03 Å². The number of benzene rings is 1. The molecule has 82 valence electrons. The van der Waals surface area contributed by atoms with E-state index in [4.69, 9.17) is 22.2 Å². The van der Waals surface area contributed by atoms with E-state index in [1.54, 1.807) is 25.2 Å². The van der Waals surface area contributed by atoms with Crippen LogP contribution < -0.4 is 20.9 Å². The van der Waals surface area contributed by atoms with Crippen molar-refractivity contribution in [1.82, 2.24) is 5.43 Å². The van der Waals surface area contributed by atoms with Crippen LogP contribution >= 0.6 is 11.6 Å². The molecular weight excluding hydrogens is 218 g/mol. The highest BCUT2D eigenvalue weighted by atomic mass is 35.5. The zero-order valence-electron chi connectivity index (χ0n) is 8.45. The van der Waals surface area contributed by atoms with Gasteiger partial charge in [0.05, 0.1) is 12.8 Å². The Bertz CT molecular complexity index is 370. The van der Waals surface area contributed by atoms with Crippen LogP contribution in [-0.4, -0.2) is 20.2 Å². The third kappa shape index (κ3) is 2.51. The molecule has 0 spiro atoms. The summed E-state index contributed by atoms with van der Waals surface area (Å²) in [6.07, 6.45) is 0. The van der Waals surface area contributed by atoms with Gasteiger partial charge in [-0.05, 0) is 18.2 Å². The number of hydrazine groups is 1. The maximum absolute atomic E-state index is 11.3. The third-order valence-corrected chi connectivity index (χ3v) is 2.17. The van der Waals surface area contributed by atoms with Crippen LogP contribution in [0, 0.1) is 0 Å². The number of nitrogens with two attached hydrogens (primary N) is 1. The van der Waals surface area contributed by atoms with Gasteiger partial charge in [0, 0.05) is 12.1 Å². The number of urea groups is 1. The lowest BCUT2D eigenvalue weighted by atomic mass is 10.3. The number of anilines is 1. The molecule has 0 saturated heterocycles. The summed E-state index contributed by atoms with van der Waals surface area (Å²) < 4.78 is 5.09. The number of hydrogen-bond acceptors (Lipinski definition) is 3. The molecule has 0 heterocycles. The first-order valence-corrected chi connectivity index (χ1v) is 4.55. The van der Waals surface area contributed by atoms with Gasteiger partial charge in [-0.1, -0.05) is 11.6 Å². The van der Waals surface area contributed by atoms with E-state index >= 15 is 0 Å². The Morgan fingerprint density at radius 1 is 1.60 bits per heavy atom. The van der Waals surface area contributed by atoms with E-state index in [-0.39, 0.29) is 0 Å². The predicted molar refractivity (Wildman–Crippen MR) is 59.1 cm³/mol. The van der Waals surface area contributed by atoms with Crippen molar-refractivity contribution in [3.05, 3.63) is 23.2 Å². The van der Waals surface area contributed by atoms with Crippen LogP contribution in [-0.2, 0) is 0 Å². The highest BCUT2D eigenvalue weighted by Crippen LogP contribution is 2.30. The molecule has 0 fully saturated rings. The zero-order chi connectivity index (χ0) is 11.4. The summed E-state index contributed by atoms with van der Waals surface area (Å²) in [6, 6.07) is 4.53. The molecule has 1 aromatic rings. The summed E-state index contributed by atoms with van der Waals surface area (Å²) in [5.74, 6) is 5.57. The Morgan fingerprint density at radius 2 is 2.27 bits per heavy atom. The fourth-order valence-electron chi connectivity index (χ4n) is 1.13. The van der Waals surface area contributed by atoms with Crippen LogP contribution in [0.5, 0.6) is 5.75 Å². The van der Waals surface area contributed by atoms with Crippen molar-refractivity contribution in [2.24, 2.45) is 5.84 Å². The number of carbonyl (C=O) groups is 1. The quantitative estimate of drug-likeness (QED) is 0.457. The monoisotopic (exact) mass is 229 g/mol. The van der Waals surface area contributed by atoms with Gasteiger partial charge in [-0.25, -0.2) is 10.6 Å². The minimum absolute atomic E-state index is 0.449. The number of nitrogens with one attached hydrogen (secondary N) is 1. The van der Waals surface area contributed by atoms with Crippen molar-refractivity contribution in [2.75, 3.05) is 19.1 Å². The summed E-state index contributed by atoms with van der Waals surface area (Å²) in [5, 5.41) is 0.516. The van der Waals surface area contributed by atoms with Gasteiger partial charge < -0.3 is 4.74 Å². The number of nitrogens with zero attached hydrogens (tertiary/aromatic N) is 1. The molecule has 0 bridgehead atoms. The minimum Gasteiger partial charge on any atom is -0.495 e. The molecule has 1 rings (SSSR count). The number of ether oxygens (including phenoxy) is 1. The van der Waals surface area contributed by atoms with E-state index in [9.17, 15) is 4.79 Å². The van der Waals surface area contributed by atoms with Gasteiger partial charge in [0.1, 0.15) is 5.75 Å². The van der Waals surface area contributed by atoms with Gasteiger partial charge in [-0.3, -0.25) is 10.3 Å². The lowest BCUT2D eigenvalue weighted by Gasteiger charge is -2.19. The fraction of sp³-hybridized carbons (Fsp3) is 0.222. The number of rotatable bonds is 2. The lowest BCUT2D eigenvalue weighted by molar-refractivity contribution is 0.247. The van der Waals surface area contributed by atoms with Crippen LogP contribution in [0.3, 0.4) is 0 Å². The number of methoxy groups -OCH3 is 1. The molecule has 0 aliphatic heterocycles. The maximum Gasteiger partial charge on any atom is 0.335 e. The van der Waals surface area contributed by atoms with Crippen molar-refractivity contribution in [3.8, 4) is 5.75 Å². The summed E-state index contributed by atoms with van der Waals surface area (Å²) >= 11 is 5.82. The van der Waals surface area contributed by atoms with E-state index in [1.165, 1.54) is 12.0 Å². The lowest BCUT2D eigenvalue weighted by Crippen LogP contribution is -2.41. The number of carbonyl (C=O) groups excluding carboxylic acids is 1. The van der Waals surface area contributed by atoms with Gasteiger partial charge in [0.15, 0.2) is 0 Å². The molecule has 0 aliphatic carbocycles. The van der Waals surface area contributed by atoms with Crippen LogP contribution in [0.15, 0.2) is 18.2 Å². The normalized spacial score (nSPS) is 9.60. The Labute approximate surface area is 92.7 Å². The average Bonchev–Trinajstić information content (AvgIpc) is 2.27. The Morgan fingerprint density at radius 3 is 2.80 bits per heavy atom. The van der Waals surface area contributed by atoms with Crippen LogP contribution in [0.2, 0.25) is 5.02 Å². The first-order chi connectivity index (χ1) is 7.10. The summed E-state index contributed by atoms with van der Waals surface area (Å²) in [5.41, 5.74) is 2.57. The summed E-state index contributed by atoms with van der Waals surface area (Å²) in [4.78, 5) is 12.6. The molecule has 2 amide bonds. The molecule has 0 unspecified atom stereocenters. The maximum atomic E-state index is 11.3. The van der Waals surface area contributed by atoms with Crippen LogP contribution in [0.25, 0.3) is 0 Å². The first kappa shape index (κ1) is 11.6. The van der Waals surface area contributed by atoms with Crippen molar-refractivity contribution < 1.29 is 9.53 Å². The second kappa shape index (κ2) is 4.86. The van der Waals surface area contributed by atoms with E-state index in [0.29, 0.717) is 16.5 Å². The van der Waals surface area contributed by atoms with Crippen LogP contribution in [0.4, 0.5) is 10.5 Å². The van der Waals surface area contributed by atoms with Gasteiger partial charge in [-0.2, -0.15) is 0 Å². The number of hydrogen-bond donors (Lipinski definition) is 2. The molecule has 3 N–H and O–H groups in total. The van der Waals surface area contributed by atoms with Crippen molar-refractivity contribution in [2.45, 2.75) is 0 Å². The third-order valence-electron chi connectivity index (χ3n) is 1.93.